The molecular formula is C15H23N3O3. The molecule has 1 aromatic carbocycles. The molecular weight excluding hydrogens is 270 g/mol. The highest BCUT2D eigenvalue weighted by Gasteiger charge is 2.21. The minimum Gasteiger partial charge on any atom is -0.492 e. The number of ether oxygens (including phenoxy) is 2. The Bertz CT molecular complexity index is 454. The monoisotopic (exact) mass is 293 g/mol. The summed E-state index contributed by atoms with van der Waals surface area (Å²) in [4.78, 5) is 13.7. The number of rotatable bonds is 5. The van der Waals surface area contributed by atoms with Crippen LogP contribution in [0.5, 0.6) is 5.75 Å². The average molecular weight is 293 g/mol. The number of nitrogen functional groups attached to an aromatic ring is 1. The van der Waals surface area contributed by atoms with Gasteiger partial charge in [-0.3, -0.25) is 15.1 Å². The van der Waals surface area contributed by atoms with Crippen LogP contribution in [0.15, 0.2) is 24.3 Å². The van der Waals surface area contributed by atoms with Crippen molar-refractivity contribution < 1.29 is 14.3 Å². The number of nitrogens with zero attached hydrogens (tertiary/aromatic N) is 1. The van der Waals surface area contributed by atoms with Gasteiger partial charge in [0.15, 0.2) is 0 Å². The summed E-state index contributed by atoms with van der Waals surface area (Å²) in [6.45, 7) is 7.52. The van der Waals surface area contributed by atoms with Crippen LogP contribution in [0.4, 0.5) is 0 Å². The van der Waals surface area contributed by atoms with E-state index in [1.165, 1.54) is 0 Å². The van der Waals surface area contributed by atoms with Gasteiger partial charge in [-0.25, -0.2) is 5.84 Å². The van der Waals surface area contributed by atoms with Crippen LogP contribution in [-0.2, 0) is 4.74 Å². The van der Waals surface area contributed by atoms with Gasteiger partial charge in [0.1, 0.15) is 12.4 Å². The zero-order valence-electron chi connectivity index (χ0n) is 12.5. The molecule has 0 aliphatic carbocycles. The van der Waals surface area contributed by atoms with Gasteiger partial charge in [0.25, 0.3) is 5.91 Å². The quantitative estimate of drug-likeness (QED) is 0.476. The zero-order chi connectivity index (χ0) is 15.2. The molecule has 0 spiro atoms. The molecule has 0 aromatic heterocycles. The third kappa shape index (κ3) is 4.70. The summed E-state index contributed by atoms with van der Waals surface area (Å²) in [7, 11) is 0. The van der Waals surface area contributed by atoms with Crippen LogP contribution in [0.3, 0.4) is 0 Å². The molecule has 6 heteroatoms. The maximum absolute atomic E-state index is 11.3. The number of benzene rings is 1. The minimum absolute atomic E-state index is 0.266. The Hall–Kier alpha value is -1.63. The predicted octanol–water partition coefficient (Wildman–Crippen LogP) is 0.778. The van der Waals surface area contributed by atoms with Crippen molar-refractivity contribution in [3.05, 3.63) is 29.8 Å². The van der Waals surface area contributed by atoms with Crippen LogP contribution < -0.4 is 16.0 Å². The number of hydrogen-bond donors (Lipinski definition) is 2. The smallest absolute Gasteiger partial charge is 0.265 e. The second kappa shape index (κ2) is 7.40. The van der Waals surface area contributed by atoms with Crippen molar-refractivity contribution in [2.75, 3.05) is 26.2 Å². The van der Waals surface area contributed by atoms with Crippen molar-refractivity contribution in [3.8, 4) is 5.75 Å². The van der Waals surface area contributed by atoms with Crippen molar-refractivity contribution in [2.45, 2.75) is 26.1 Å². The van der Waals surface area contributed by atoms with Gasteiger partial charge < -0.3 is 9.47 Å². The number of nitrogens with one attached hydrogen (secondary N) is 1. The normalized spacial score (nSPS) is 22.8. The van der Waals surface area contributed by atoms with Crippen LogP contribution in [0, 0.1) is 0 Å². The zero-order valence-corrected chi connectivity index (χ0v) is 12.5. The summed E-state index contributed by atoms with van der Waals surface area (Å²) in [5.74, 6) is 5.52. The van der Waals surface area contributed by atoms with Gasteiger partial charge in [-0.1, -0.05) is 0 Å². The summed E-state index contributed by atoms with van der Waals surface area (Å²) >= 11 is 0. The summed E-state index contributed by atoms with van der Waals surface area (Å²) in [6.07, 6.45) is 0.533. The Labute approximate surface area is 125 Å². The maximum atomic E-state index is 11.3. The molecule has 3 N–H and O–H groups in total. The van der Waals surface area contributed by atoms with Crippen LogP contribution in [0.1, 0.15) is 24.2 Å². The van der Waals surface area contributed by atoms with E-state index in [-0.39, 0.29) is 18.1 Å². The molecule has 116 valence electrons. The summed E-state index contributed by atoms with van der Waals surface area (Å²) < 4.78 is 11.4. The molecule has 2 atom stereocenters. The number of carbonyl (C=O) groups is 1. The van der Waals surface area contributed by atoms with Crippen LogP contribution in [0.25, 0.3) is 0 Å². The van der Waals surface area contributed by atoms with Crippen molar-refractivity contribution in [1.29, 1.82) is 0 Å². The second-order valence-corrected chi connectivity index (χ2v) is 5.36. The maximum Gasteiger partial charge on any atom is 0.265 e. The molecule has 1 aliphatic rings. The number of carbonyl (C=O) groups excluding carboxylic acids is 1. The fourth-order valence-electron chi connectivity index (χ4n) is 2.55. The molecule has 0 radical (unpaired) electrons. The highest BCUT2D eigenvalue weighted by atomic mass is 16.5. The number of amides is 1. The number of hydrogen-bond acceptors (Lipinski definition) is 5. The molecule has 1 aromatic rings. The third-order valence-corrected chi connectivity index (χ3v) is 3.42. The van der Waals surface area contributed by atoms with Gasteiger partial charge in [-0.05, 0) is 38.1 Å². The van der Waals surface area contributed by atoms with E-state index in [1.54, 1.807) is 24.3 Å². The van der Waals surface area contributed by atoms with Crippen molar-refractivity contribution >= 4 is 5.91 Å². The molecule has 0 unspecified atom stereocenters. The highest BCUT2D eigenvalue weighted by Crippen LogP contribution is 2.13. The molecule has 0 bridgehead atoms. The average Bonchev–Trinajstić information content (AvgIpc) is 2.46. The first-order chi connectivity index (χ1) is 10.1. The standard InChI is InChI=1S/C15H23N3O3/c1-11-9-18(10-12(2)21-11)7-8-20-14-5-3-13(4-6-14)15(19)17-16/h3-6,11-12H,7-10,16H2,1-2H3,(H,17,19)/t11-,12+. The number of morpholine rings is 1. The molecule has 1 aliphatic heterocycles. The van der Waals surface area contributed by atoms with Gasteiger partial charge in [0, 0.05) is 25.2 Å². The molecule has 0 saturated carbocycles. The Kier molecular flexibility index (Phi) is 5.55. The van der Waals surface area contributed by atoms with Crippen molar-refractivity contribution in [1.82, 2.24) is 10.3 Å². The third-order valence-electron chi connectivity index (χ3n) is 3.42. The van der Waals surface area contributed by atoms with Crippen molar-refractivity contribution in [3.63, 3.8) is 0 Å². The molecule has 2 rings (SSSR count). The number of hydrazine groups is 1. The van der Waals surface area contributed by atoms with E-state index in [0.717, 1.165) is 25.4 Å². The topological polar surface area (TPSA) is 76.8 Å². The van der Waals surface area contributed by atoms with E-state index in [9.17, 15) is 4.79 Å². The Morgan fingerprint density at radius 3 is 2.52 bits per heavy atom. The van der Waals surface area contributed by atoms with E-state index in [4.69, 9.17) is 15.3 Å². The SMILES string of the molecule is C[C@@H]1CN(CCOc2ccc(C(=O)NN)cc2)C[C@H](C)O1. The number of nitrogens with two attached hydrogens (primary N) is 1. The Morgan fingerprint density at radius 1 is 1.33 bits per heavy atom. The molecule has 1 saturated heterocycles. The molecule has 6 nitrogen and oxygen atoms in total. The van der Waals surface area contributed by atoms with Gasteiger partial charge in [0.05, 0.1) is 12.2 Å². The predicted molar refractivity (Wildman–Crippen MR) is 80.0 cm³/mol. The van der Waals surface area contributed by atoms with Crippen LogP contribution in [0.2, 0.25) is 0 Å². The lowest BCUT2D eigenvalue weighted by Crippen LogP contribution is -2.46. The summed E-state index contributed by atoms with van der Waals surface area (Å²) in [6, 6.07) is 6.93. The molecule has 1 heterocycles. The Morgan fingerprint density at radius 2 is 1.95 bits per heavy atom. The van der Waals surface area contributed by atoms with E-state index < -0.39 is 0 Å². The molecule has 1 fully saturated rings. The highest BCUT2D eigenvalue weighted by molar-refractivity contribution is 5.93. The lowest BCUT2D eigenvalue weighted by molar-refractivity contribution is -0.0699. The first kappa shape index (κ1) is 15.8. The van der Waals surface area contributed by atoms with Crippen LogP contribution in [-0.4, -0.2) is 49.3 Å². The van der Waals surface area contributed by atoms with Gasteiger partial charge >= 0.3 is 0 Å². The van der Waals surface area contributed by atoms with E-state index in [0.29, 0.717) is 12.2 Å². The van der Waals surface area contributed by atoms with E-state index >= 15 is 0 Å². The molecule has 21 heavy (non-hydrogen) atoms. The van der Waals surface area contributed by atoms with Crippen LogP contribution >= 0.6 is 0 Å². The van der Waals surface area contributed by atoms with Gasteiger partial charge in [-0.15, -0.1) is 0 Å². The minimum atomic E-state index is -0.308. The second-order valence-electron chi connectivity index (χ2n) is 5.36. The Balaban J connectivity index is 1.77. The largest absolute Gasteiger partial charge is 0.492 e. The lowest BCUT2D eigenvalue weighted by Gasteiger charge is -2.35. The summed E-state index contributed by atoms with van der Waals surface area (Å²) in [5, 5.41) is 0. The van der Waals surface area contributed by atoms with Gasteiger partial charge in [-0.2, -0.15) is 0 Å². The lowest BCUT2D eigenvalue weighted by atomic mass is 10.2. The first-order valence-corrected chi connectivity index (χ1v) is 7.20. The van der Waals surface area contributed by atoms with E-state index in [2.05, 4.69) is 24.2 Å². The van der Waals surface area contributed by atoms with Gasteiger partial charge in [0.2, 0.25) is 0 Å². The first-order valence-electron chi connectivity index (χ1n) is 7.20. The molecule has 1 amide bonds. The summed E-state index contributed by atoms with van der Waals surface area (Å²) in [5.41, 5.74) is 2.61. The van der Waals surface area contributed by atoms with E-state index in [1.807, 2.05) is 0 Å². The fraction of sp³-hybridized carbons (Fsp3) is 0.533. The fourth-order valence-corrected chi connectivity index (χ4v) is 2.55. The van der Waals surface area contributed by atoms with Crippen molar-refractivity contribution in [2.24, 2.45) is 5.84 Å².